The van der Waals surface area contributed by atoms with Crippen LogP contribution in [-0.2, 0) is 0 Å². The van der Waals surface area contributed by atoms with E-state index >= 15 is 0 Å². The van der Waals surface area contributed by atoms with Gasteiger partial charge in [-0.25, -0.2) is 0 Å². The minimum Gasteiger partial charge on any atom is -0.364 e. The normalized spacial score (nSPS) is 11.2. The summed E-state index contributed by atoms with van der Waals surface area (Å²) < 4.78 is 0. The van der Waals surface area contributed by atoms with E-state index in [1.807, 2.05) is 12.1 Å². The number of rotatable bonds is 2. The van der Waals surface area contributed by atoms with Crippen LogP contribution in [-0.4, -0.2) is 18.7 Å². The number of amides is 1. The second kappa shape index (κ2) is 3.70. The predicted octanol–water partition coefficient (Wildman–Crippen LogP) is 1.18. The van der Waals surface area contributed by atoms with E-state index in [0.717, 1.165) is 16.5 Å². The number of primary amides is 1. The summed E-state index contributed by atoms with van der Waals surface area (Å²) in [6.07, 6.45) is 0. The van der Waals surface area contributed by atoms with Gasteiger partial charge in [-0.3, -0.25) is 4.79 Å². The van der Waals surface area contributed by atoms with Gasteiger partial charge in [0, 0.05) is 5.52 Å². The highest BCUT2D eigenvalue weighted by Gasteiger charge is 2.11. The number of carbonyl (C=O) groups is 1. The first-order valence-corrected chi connectivity index (χ1v) is 5.21. The van der Waals surface area contributed by atoms with E-state index in [2.05, 4.69) is 18.8 Å². The van der Waals surface area contributed by atoms with E-state index in [-0.39, 0.29) is 0 Å². The molecule has 1 aromatic carbocycles. The van der Waals surface area contributed by atoms with Crippen LogP contribution in [0.15, 0.2) is 18.2 Å². The van der Waals surface area contributed by atoms with Gasteiger partial charge in [-0.15, -0.1) is 0 Å². The average Bonchev–Trinajstić information content (AvgIpc) is 2.59. The Balaban J connectivity index is 2.75. The Kier molecular flexibility index (Phi) is 2.50. The third kappa shape index (κ3) is 1.71. The quantitative estimate of drug-likeness (QED) is 0.721. The topological polar surface area (TPSA) is 58.9 Å². The zero-order chi connectivity index (χ0) is 11.9. The summed E-state index contributed by atoms with van der Waals surface area (Å²) >= 11 is 0. The molecule has 0 aliphatic rings. The van der Waals surface area contributed by atoms with Crippen LogP contribution in [0.5, 0.6) is 0 Å². The number of benzene rings is 1. The fraction of sp³-hybridized carbons (Fsp3) is 0.250. The Labute approximate surface area is 95.4 Å². The molecular formula is C12H13BN2O. The van der Waals surface area contributed by atoms with Crippen LogP contribution in [0.25, 0.3) is 10.9 Å². The van der Waals surface area contributed by atoms with E-state index in [1.165, 1.54) is 0 Å². The lowest BCUT2D eigenvalue weighted by atomic mass is 9.89. The molecule has 0 saturated heterocycles. The number of hydrogen-bond acceptors (Lipinski definition) is 1. The van der Waals surface area contributed by atoms with E-state index in [1.54, 1.807) is 6.07 Å². The van der Waals surface area contributed by atoms with Gasteiger partial charge in [0.1, 0.15) is 13.5 Å². The largest absolute Gasteiger partial charge is 0.364 e. The van der Waals surface area contributed by atoms with Crippen LogP contribution in [0, 0.1) is 0 Å². The summed E-state index contributed by atoms with van der Waals surface area (Å²) in [5.41, 5.74) is 8.40. The summed E-state index contributed by atoms with van der Waals surface area (Å²) in [6.45, 7) is 4.16. The van der Waals surface area contributed by atoms with Crippen molar-refractivity contribution in [2.45, 2.75) is 19.8 Å². The molecule has 0 aliphatic carbocycles. The van der Waals surface area contributed by atoms with Crippen LogP contribution in [0.2, 0.25) is 0 Å². The molecular weight excluding hydrogens is 199 g/mol. The first kappa shape index (κ1) is 10.8. The van der Waals surface area contributed by atoms with Gasteiger partial charge in [0.15, 0.2) is 0 Å². The maximum Gasteiger partial charge on any atom is 0.265 e. The SMILES string of the molecule is [B]c1cc(C(C)C)c2[nH]c(C(N)=O)cc2c1. The molecule has 3 nitrogen and oxygen atoms in total. The third-order valence-electron chi connectivity index (χ3n) is 2.67. The lowest BCUT2D eigenvalue weighted by Gasteiger charge is -2.08. The van der Waals surface area contributed by atoms with E-state index in [9.17, 15) is 4.79 Å². The van der Waals surface area contributed by atoms with Gasteiger partial charge in [0.2, 0.25) is 0 Å². The van der Waals surface area contributed by atoms with Crippen LogP contribution >= 0.6 is 0 Å². The molecule has 0 unspecified atom stereocenters. The van der Waals surface area contributed by atoms with Crippen molar-refractivity contribution >= 4 is 30.1 Å². The molecule has 1 aromatic heterocycles. The van der Waals surface area contributed by atoms with Gasteiger partial charge in [-0.05, 0) is 22.9 Å². The second-order valence-electron chi connectivity index (χ2n) is 4.28. The van der Waals surface area contributed by atoms with Crippen LogP contribution in [0.4, 0.5) is 0 Å². The van der Waals surface area contributed by atoms with Crippen molar-refractivity contribution in [3.8, 4) is 0 Å². The van der Waals surface area contributed by atoms with Crippen molar-refractivity contribution in [2.75, 3.05) is 0 Å². The maximum absolute atomic E-state index is 11.1. The summed E-state index contributed by atoms with van der Waals surface area (Å²) in [7, 11) is 5.82. The number of nitrogens with two attached hydrogens (primary N) is 1. The van der Waals surface area contributed by atoms with E-state index in [0.29, 0.717) is 17.1 Å². The van der Waals surface area contributed by atoms with Crippen molar-refractivity contribution in [1.29, 1.82) is 0 Å². The van der Waals surface area contributed by atoms with Crippen molar-refractivity contribution < 1.29 is 4.79 Å². The molecule has 2 rings (SSSR count). The Morgan fingerprint density at radius 2 is 2.06 bits per heavy atom. The van der Waals surface area contributed by atoms with Crippen molar-refractivity contribution in [1.82, 2.24) is 4.98 Å². The molecule has 80 valence electrons. The Hall–Kier alpha value is -1.71. The maximum atomic E-state index is 11.1. The van der Waals surface area contributed by atoms with Gasteiger partial charge >= 0.3 is 0 Å². The van der Waals surface area contributed by atoms with Crippen LogP contribution < -0.4 is 11.2 Å². The molecule has 0 fully saturated rings. The molecule has 1 amide bonds. The highest BCUT2D eigenvalue weighted by Crippen LogP contribution is 2.24. The van der Waals surface area contributed by atoms with E-state index in [4.69, 9.17) is 13.6 Å². The minimum atomic E-state index is -0.454. The molecule has 0 atom stereocenters. The van der Waals surface area contributed by atoms with E-state index < -0.39 is 5.91 Å². The molecule has 4 heteroatoms. The predicted molar refractivity (Wildman–Crippen MR) is 66.3 cm³/mol. The number of aromatic amines is 1. The third-order valence-corrected chi connectivity index (χ3v) is 2.67. The molecule has 16 heavy (non-hydrogen) atoms. The van der Waals surface area contributed by atoms with Gasteiger partial charge in [-0.2, -0.15) is 0 Å². The van der Waals surface area contributed by atoms with Gasteiger partial charge in [0.05, 0.1) is 0 Å². The number of aromatic nitrogens is 1. The number of carbonyl (C=O) groups excluding carboxylic acids is 1. The molecule has 0 spiro atoms. The molecule has 0 aliphatic heterocycles. The van der Waals surface area contributed by atoms with Gasteiger partial charge < -0.3 is 10.7 Å². The molecule has 3 N–H and O–H groups in total. The zero-order valence-corrected chi connectivity index (χ0v) is 9.37. The first-order valence-electron chi connectivity index (χ1n) is 5.21. The monoisotopic (exact) mass is 212 g/mol. The zero-order valence-electron chi connectivity index (χ0n) is 9.37. The fourth-order valence-corrected chi connectivity index (χ4v) is 1.88. The lowest BCUT2D eigenvalue weighted by Crippen LogP contribution is -2.10. The average molecular weight is 212 g/mol. The van der Waals surface area contributed by atoms with Crippen molar-refractivity contribution in [3.05, 3.63) is 29.5 Å². The Morgan fingerprint density at radius 3 is 2.62 bits per heavy atom. The molecule has 2 aromatic rings. The fourth-order valence-electron chi connectivity index (χ4n) is 1.88. The number of H-pyrrole nitrogens is 1. The summed E-state index contributed by atoms with van der Waals surface area (Å²) in [6, 6.07) is 5.50. The highest BCUT2D eigenvalue weighted by molar-refractivity contribution is 6.33. The van der Waals surface area contributed by atoms with Crippen molar-refractivity contribution in [3.63, 3.8) is 0 Å². The minimum absolute atomic E-state index is 0.338. The highest BCUT2D eigenvalue weighted by atomic mass is 16.1. The molecule has 0 bridgehead atoms. The number of hydrogen-bond donors (Lipinski definition) is 2. The first-order chi connectivity index (χ1) is 7.49. The lowest BCUT2D eigenvalue weighted by molar-refractivity contribution is 0.0996. The standard InChI is InChI=1S/C12H13BN2O/c1-6(2)9-5-8(13)3-7-4-10(12(14)16)15-11(7)9/h3-6,15H,1-2H3,(H2,14,16). The second-order valence-corrected chi connectivity index (χ2v) is 4.28. The van der Waals surface area contributed by atoms with Gasteiger partial charge in [0.25, 0.3) is 5.91 Å². The van der Waals surface area contributed by atoms with Crippen molar-refractivity contribution in [2.24, 2.45) is 5.73 Å². The Bertz CT molecular complexity index is 557. The van der Waals surface area contributed by atoms with Crippen LogP contribution in [0.1, 0.15) is 35.8 Å². The smallest absolute Gasteiger partial charge is 0.265 e. The summed E-state index contributed by atoms with van der Waals surface area (Å²) in [5, 5.41) is 0.928. The number of fused-ring (bicyclic) bond motifs is 1. The molecule has 2 radical (unpaired) electrons. The summed E-state index contributed by atoms with van der Waals surface area (Å²) in [5.74, 6) is -0.116. The molecule has 0 saturated carbocycles. The Morgan fingerprint density at radius 1 is 1.38 bits per heavy atom. The summed E-state index contributed by atoms with van der Waals surface area (Å²) in [4.78, 5) is 14.1. The number of nitrogens with one attached hydrogen (secondary N) is 1. The molecule has 1 heterocycles. The van der Waals surface area contributed by atoms with Crippen LogP contribution in [0.3, 0.4) is 0 Å². The van der Waals surface area contributed by atoms with Gasteiger partial charge in [-0.1, -0.05) is 31.4 Å².